The molecule has 5 heteroatoms. The van der Waals surface area contributed by atoms with Gasteiger partial charge in [0.25, 0.3) is 5.91 Å². The van der Waals surface area contributed by atoms with Crippen LogP contribution in [0.15, 0.2) is 18.2 Å². The Morgan fingerprint density at radius 1 is 1.50 bits per heavy atom. The summed E-state index contributed by atoms with van der Waals surface area (Å²) in [5, 5.41) is 0. The lowest BCUT2D eigenvalue weighted by molar-refractivity contribution is 0.0745. The third-order valence-corrected chi connectivity index (χ3v) is 4.56. The summed E-state index contributed by atoms with van der Waals surface area (Å²) >= 11 is 0. The summed E-state index contributed by atoms with van der Waals surface area (Å²) in [7, 11) is -0.800. The lowest BCUT2D eigenvalue weighted by Crippen LogP contribution is -2.35. The zero-order valence-corrected chi connectivity index (χ0v) is 11.6. The number of hydrogen-bond donors (Lipinski definition) is 0. The molecule has 0 N–H and O–H groups in total. The van der Waals surface area contributed by atoms with Crippen LogP contribution >= 0.6 is 0 Å². The van der Waals surface area contributed by atoms with Gasteiger partial charge < -0.3 is 4.90 Å². The number of carbonyl (C=O) groups excluding carboxylic acids is 1. The second-order valence-corrected chi connectivity index (χ2v) is 6.45. The molecule has 0 saturated carbocycles. The van der Waals surface area contributed by atoms with Gasteiger partial charge in [-0.25, -0.2) is 4.98 Å². The molecule has 1 saturated heterocycles. The fraction of sp³-hybridized carbons (Fsp3) is 0.538. The van der Waals surface area contributed by atoms with Gasteiger partial charge in [0.2, 0.25) is 0 Å². The first-order valence-electron chi connectivity index (χ1n) is 6.14. The molecule has 1 aliphatic heterocycles. The van der Waals surface area contributed by atoms with Crippen molar-refractivity contribution in [2.45, 2.75) is 13.8 Å². The highest BCUT2D eigenvalue weighted by Gasteiger charge is 2.24. The summed E-state index contributed by atoms with van der Waals surface area (Å²) in [6.07, 6.45) is 0. The highest BCUT2D eigenvalue weighted by Crippen LogP contribution is 2.11. The van der Waals surface area contributed by atoms with Crippen molar-refractivity contribution in [1.29, 1.82) is 0 Å². The molecule has 1 aromatic heterocycles. The predicted octanol–water partition coefficient (Wildman–Crippen LogP) is 1.23. The zero-order valence-electron chi connectivity index (χ0n) is 10.8. The van der Waals surface area contributed by atoms with Crippen molar-refractivity contribution >= 4 is 16.7 Å². The molecule has 1 amide bonds. The number of aromatic nitrogens is 1. The van der Waals surface area contributed by atoms with E-state index in [1.165, 1.54) is 0 Å². The predicted molar refractivity (Wildman–Crippen MR) is 71.9 cm³/mol. The molecule has 0 aromatic carbocycles. The van der Waals surface area contributed by atoms with E-state index >= 15 is 0 Å². The van der Waals surface area contributed by atoms with Gasteiger partial charge in [-0.05, 0) is 25.0 Å². The Labute approximate surface area is 110 Å². The van der Waals surface area contributed by atoms with Crippen LogP contribution in [-0.4, -0.2) is 44.6 Å². The van der Waals surface area contributed by atoms with Crippen molar-refractivity contribution in [3.63, 3.8) is 0 Å². The number of hydrogen-bond acceptors (Lipinski definition) is 3. The van der Waals surface area contributed by atoms with Crippen LogP contribution in [0, 0.1) is 12.8 Å². The molecule has 0 spiro atoms. The maximum atomic E-state index is 12.3. The Balaban J connectivity index is 2.15. The fourth-order valence-corrected chi connectivity index (χ4v) is 3.47. The summed E-state index contributed by atoms with van der Waals surface area (Å²) < 4.78 is 11.6. The monoisotopic (exact) mass is 266 g/mol. The summed E-state index contributed by atoms with van der Waals surface area (Å²) in [5.74, 6) is 1.49. The molecular weight excluding hydrogens is 248 g/mol. The molecule has 0 radical (unpaired) electrons. The van der Waals surface area contributed by atoms with Gasteiger partial charge in [-0.15, -0.1) is 0 Å². The minimum absolute atomic E-state index is 0.0514. The lowest BCUT2D eigenvalue weighted by Gasteiger charge is -2.21. The van der Waals surface area contributed by atoms with Crippen LogP contribution in [0.1, 0.15) is 23.1 Å². The van der Waals surface area contributed by atoms with Crippen molar-refractivity contribution in [3.8, 4) is 0 Å². The Hall–Kier alpha value is -1.23. The van der Waals surface area contributed by atoms with E-state index in [1.54, 1.807) is 11.0 Å². The number of nitrogens with zero attached hydrogens (tertiary/aromatic N) is 2. The van der Waals surface area contributed by atoms with Gasteiger partial charge in [0.15, 0.2) is 0 Å². The van der Waals surface area contributed by atoms with Gasteiger partial charge in [-0.3, -0.25) is 9.00 Å². The first-order chi connectivity index (χ1) is 8.56. The van der Waals surface area contributed by atoms with Gasteiger partial charge in [-0.2, -0.15) is 0 Å². The largest absolute Gasteiger partial charge is 0.336 e. The first-order valence-corrected chi connectivity index (χ1v) is 7.63. The topological polar surface area (TPSA) is 50.3 Å². The maximum absolute atomic E-state index is 12.3. The molecule has 0 bridgehead atoms. The van der Waals surface area contributed by atoms with E-state index in [0.29, 0.717) is 30.3 Å². The van der Waals surface area contributed by atoms with Crippen LogP contribution in [0.5, 0.6) is 0 Å². The van der Waals surface area contributed by atoms with Crippen molar-refractivity contribution in [2.24, 2.45) is 5.92 Å². The number of pyridine rings is 1. The normalized spacial score (nSPS) is 24.7. The van der Waals surface area contributed by atoms with E-state index in [4.69, 9.17) is 0 Å². The van der Waals surface area contributed by atoms with Crippen molar-refractivity contribution in [2.75, 3.05) is 24.6 Å². The average Bonchev–Trinajstić information content (AvgIpc) is 2.49. The third kappa shape index (κ3) is 3.16. The molecule has 98 valence electrons. The van der Waals surface area contributed by atoms with Crippen molar-refractivity contribution in [3.05, 3.63) is 29.6 Å². The number of carbonyl (C=O) groups is 1. The SMILES string of the molecule is Cc1cccc(C(=O)N2CCS(=O)CC(C)C2)n1. The maximum Gasteiger partial charge on any atom is 0.272 e. The van der Waals surface area contributed by atoms with Gasteiger partial charge in [-0.1, -0.05) is 13.0 Å². The molecule has 1 aromatic rings. The molecular formula is C13H18N2O2S. The molecule has 1 fully saturated rings. The van der Waals surface area contributed by atoms with Gasteiger partial charge >= 0.3 is 0 Å². The Kier molecular flexibility index (Phi) is 4.11. The van der Waals surface area contributed by atoms with Gasteiger partial charge in [0, 0.05) is 41.1 Å². The molecule has 18 heavy (non-hydrogen) atoms. The first kappa shape index (κ1) is 13.2. The van der Waals surface area contributed by atoms with E-state index < -0.39 is 10.8 Å². The van der Waals surface area contributed by atoms with Crippen LogP contribution in [0.4, 0.5) is 0 Å². The zero-order chi connectivity index (χ0) is 13.1. The third-order valence-electron chi connectivity index (χ3n) is 2.99. The average molecular weight is 266 g/mol. The Bertz CT molecular complexity index is 476. The van der Waals surface area contributed by atoms with Crippen molar-refractivity contribution < 1.29 is 9.00 Å². The van der Waals surface area contributed by atoms with Gasteiger partial charge in [0.05, 0.1) is 0 Å². The number of aryl methyl sites for hydroxylation is 1. The molecule has 2 rings (SSSR count). The van der Waals surface area contributed by atoms with Crippen LogP contribution < -0.4 is 0 Å². The fourth-order valence-electron chi connectivity index (χ4n) is 2.14. The molecule has 2 heterocycles. The van der Waals surface area contributed by atoms with Crippen LogP contribution in [0.3, 0.4) is 0 Å². The summed E-state index contributed by atoms with van der Waals surface area (Å²) in [6, 6.07) is 5.45. The summed E-state index contributed by atoms with van der Waals surface area (Å²) in [6.45, 7) is 5.13. The van der Waals surface area contributed by atoms with E-state index in [1.807, 2.05) is 26.0 Å². The van der Waals surface area contributed by atoms with Crippen LogP contribution in [0.25, 0.3) is 0 Å². The molecule has 4 nitrogen and oxygen atoms in total. The quantitative estimate of drug-likeness (QED) is 0.768. The highest BCUT2D eigenvalue weighted by molar-refractivity contribution is 7.85. The van der Waals surface area contributed by atoms with Gasteiger partial charge in [0.1, 0.15) is 5.69 Å². The van der Waals surface area contributed by atoms with Crippen LogP contribution in [0.2, 0.25) is 0 Å². The minimum atomic E-state index is -0.800. The van der Waals surface area contributed by atoms with E-state index in [0.717, 1.165) is 5.69 Å². The lowest BCUT2D eigenvalue weighted by atomic mass is 10.2. The van der Waals surface area contributed by atoms with E-state index in [9.17, 15) is 9.00 Å². The molecule has 2 unspecified atom stereocenters. The smallest absolute Gasteiger partial charge is 0.272 e. The van der Waals surface area contributed by atoms with E-state index in [2.05, 4.69) is 4.98 Å². The van der Waals surface area contributed by atoms with E-state index in [-0.39, 0.29) is 11.8 Å². The Morgan fingerprint density at radius 3 is 3.00 bits per heavy atom. The second-order valence-electron chi connectivity index (χ2n) is 4.83. The highest BCUT2D eigenvalue weighted by atomic mass is 32.2. The Morgan fingerprint density at radius 2 is 2.28 bits per heavy atom. The molecule has 2 atom stereocenters. The summed E-state index contributed by atoms with van der Waals surface area (Å²) in [4.78, 5) is 18.4. The number of rotatable bonds is 1. The number of amides is 1. The molecule has 0 aliphatic carbocycles. The standard InChI is InChI=1S/C13H18N2O2S/c1-10-8-15(6-7-18(17)9-10)13(16)12-5-3-4-11(2)14-12/h3-5,10H,6-9H2,1-2H3. The minimum Gasteiger partial charge on any atom is -0.336 e. The second kappa shape index (κ2) is 5.61. The molecule has 1 aliphatic rings. The summed E-state index contributed by atoms with van der Waals surface area (Å²) in [5.41, 5.74) is 1.32. The van der Waals surface area contributed by atoms with Crippen molar-refractivity contribution in [1.82, 2.24) is 9.88 Å². The van der Waals surface area contributed by atoms with Crippen LogP contribution in [-0.2, 0) is 10.8 Å².